The van der Waals surface area contributed by atoms with Gasteiger partial charge in [-0.05, 0) is 86.9 Å². The molecule has 0 unspecified atom stereocenters. The number of piperazine rings is 1. The summed E-state index contributed by atoms with van der Waals surface area (Å²) in [4.78, 5) is 17.9. The normalized spacial score (nSPS) is 26.0. The third-order valence-electron chi connectivity index (χ3n) is 9.50. The molecule has 2 saturated heterocycles. The second-order valence-corrected chi connectivity index (χ2v) is 14.3. The molecule has 0 aromatic heterocycles. The third-order valence-corrected chi connectivity index (χ3v) is 11.7. The summed E-state index contributed by atoms with van der Waals surface area (Å²) in [5, 5.41) is 0.442. The molecule has 2 saturated carbocycles. The Morgan fingerprint density at radius 2 is 1.61 bits per heavy atom. The van der Waals surface area contributed by atoms with Crippen molar-refractivity contribution in [3.05, 3.63) is 64.9 Å². The second-order valence-electron chi connectivity index (χ2n) is 12.1. The van der Waals surface area contributed by atoms with E-state index in [1.807, 2.05) is 0 Å². The fraction of sp³-hybridized carbons (Fsp3) is 0.581. The van der Waals surface area contributed by atoms with Gasteiger partial charge in [-0.2, -0.15) is 4.31 Å². The average molecular weight is 604 g/mol. The number of amides is 1. The van der Waals surface area contributed by atoms with E-state index in [0.29, 0.717) is 55.4 Å². The number of piperidine rings is 1. The zero-order chi connectivity index (χ0) is 28.6. The molecular formula is C31H39ClFN3O4S. The van der Waals surface area contributed by atoms with Gasteiger partial charge >= 0.3 is 6.09 Å². The second kappa shape index (κ2) is 11.8. The molecule has 10 heteroatoms. The number of halogens is 2. The minimum Gasteiger partial charge on any atom is -0.441 e. The van der Waals surface area contributed by atoms with Crippen molar-refractivity contribution in [1.82, 2.24) is 14.1 Å². The number of carbonyl (C=O) groups is 1. The van der Waals surface area contributed by atoms with E-state index in [4.69, 9.17) is 16.3 Å². The molecule has 4 aliphatic rings. The van der Waals surface area contributed by atoms with Gasteiger partial charge in [-0.15, -0.1) is 0 Å². The molecule has 0 spiro atoms. The lowest BCUT2D eigenvalue weighted by Crippen LogP contribution is -2.56. The van der Waals surface area contributed by atoms with Crippen LogP contribution in [-0.4, -0.2) is 72.5 Å². The van der Waals surface area contributed by atoms with Gasteiger partial charge in [-0.1, -0.05) is 43.0 Å². The summed E-state index contributed by atoms with van der Waals surface area (Å²) >= 11 is 6.07. The summed E-state index contributed by atoms with van der Waals surface area (Å²) in [6.07, 6.45) is 9.07. The monoisotopic (exact) mass is 603 g/mol. The summed E-state index contributed by atoms with van der Waals surface area (Å²) in [5.41, 5.74) is -0.281. The number of hydrogen-bond acceptors (Lipinski definition) is 5. The van der Waals surface area contributed by atoms with Gasteiger partial charge in [0.2, 0.25) is 10.0 Å². The summed E-state index contributed by atoms with van der Waals surface area (Å²) < 4.78 is 50.6. The minimum absolute atomic E-state index is 0.121. The topological polar surface area (TPSA) is 70.2 Å². The third kappa shape index (κ3) is 6.01. The highest BCUT2D eigenvalue weighted by atomic mass is 35.5. The average Bonchev–Trinajstić information content (AvgIpc) is 3.78. The summed E-state index contributed by atoms with van der Waals surface area (Å²) in [5.74, 6) is -0.409. The molecule has 0 N–H and O–H groups in total. The zero-order valence-corrected chi connectivity index (χ0v) is 25.0. The highest BCUT2D eigenvalue weighted by Gasteiger charge is 2.60. The van der Waals surface area contributed by atoms with Crippen LogP contribution in [0.1, 0.15) is 75.8 Å². The van der Waals surface area contributed by atoms with Crippen LogP contribution in [0.15, 0.2) is 53.4 Å². The molecule has 41 heavy (non-hydrogen) atoms. The van der Waals surface area contributed by atoms with Gasteiger partial charge in [-0.25, -0.2) is 17.6 Å². The van der Waals surface area contributed by atoms with Crippen molar-refractivity contribution in [2.24, 2.45) is 0 Å². The smallest absolute Gasteiger partial charge is 0.410 e. The van der Waals surface area contributed by atoms with Crippen LogP contribution in [0.2, 0.25) is 5.02 Å². The predicted octanol–water partition coefficient (Wildman–Crippen LogP) is 6.38. The molecule has 2 aromatic rings. The van der Waals surface area contributed by atoms with Gasteiger partial charge in [-0.3, -0.25) is 4.90 Å². The van der Waals surface area contributed by atoms with E-state index in [-0.39, 0.29) is 11.0 Å². The molecule has 2 aliphatic heterocycles. The first kappa shape index (κ1) is 28.9. The predicted molar refractivity (Wildman–Crippen MR) is 156 cm³/mol. The van der Waals surface area contributed by atoms with E-state index in [1.165, 1.54) is 60.7 Å². The number of benzene rings is 2. The molecule has 222 valence electrons. The van der Waals surface area contributed by atoms with Crippen LogP contribution in [-0.2, 0) is 14.8 Å². The number of rotatable bonds is 6. The summed E-state index contributed by atoms with van der Waals surface area (Å²) in [6.45, 7) is 2.92. The zero-order valence-electron chi connectivity index (χ0n) is 23.4. The van der Waals surface area contributed by atoms with Crippen LogP contribution in [0, 0.1) is 5.82 Å². The maximum absolute atomic E-state index is 14.3. The van der Waals surface area contributed by atoms with Crippen molar-refractivity contribution >= 4 is 27.7 Å². The Balaban J connectivity index is 1.24. The quantitative estimate of drug-likeness (QED) is 0.383. The lowest BCUT2D eigenvalue weighted by Gasteiger charge is -2.45. The van der Waals surface area contributed by atoms with E-state index in [1.54, 1.807) is 29.2 Å². The number of sulfonamides is 1. The first-order chi connectivity index (χ1) is 19.8. The van der Waals surface area contributed by atoms with E-state index in [9.17, 15) is 17.6 Å². The van der Waals surface area contributed by atoms with Crippen molar-refractivity contribution in [2.45, 2.75) is 92.8 Å². The fourth-order valence-corrected chi connectivity index (χ4v) is 9.19. The summed E-state index contributed by atoms with van der Waals surface area (Å²) in [6, 6.07) is 11.8. The van der Waals surface area contributed by atoms with E-state index in [2.05, 4.69) is 4.90 Å². The molecule has 2 aromatic carbocycles. The van der Waals surface area contributed by atoms with Crippen molar-refractivity contribution in [3.63, 3.8) is 0 Å². The molecule has 6 rings (SSSR count). The van der Waals surface area contributed by atoms with Gasteiger partial charge in [0, 0.05) is 37.2 Å². The SMILES string of the molecule is O=C(OC1([C@H]2CCC[C@@H](c3cccc(F)c3)N2S(=O)(=O)c2ccc(Cl)cc2)CC1)N1CCN(C2CCCCC2)CC1. The van der Waals surface area contributed by atoms with Gasteiger partial charge in [0.05, 0.1) is 17.0 Å². The molecule has 2 aliphatic carbocycles. The number of hydrogen-bond donors (Lipinski definition) is 0. The van der Waals surface area contributed by atoms with Crippen LogP contribution in [0.4, 0.5) is 9.18 Å². The largest absolute Gasteiger partial charge is 0.441 e. The van der Waals surface area contributed by atoms with Crippen molar-refractivity contribution in [3.8, 4) is 0 Å². The fourth-order valence-electron chi connectivity index (χ4n) is 7.14. The number of nitrogens with zero attached hydrogens (tertiary/aromatic N) is 3. The van der Waals surface area contributed by atoms with Crippen LogP contribution >= 0.6 is 11.6 Å². The Morgan fingerprint density at radius 1 is 0.902 bits per heavy atom. The Morgan fingerprint density at radius 3 is 2.27 bits per heavy atom. The molecule has 2 heterocycles. The Kier molecular flexibility index (Phi) is 8.33. The molecule has 4 fully saturated rings. The molecule has 0 radical (unpaired) electrons. The highest BCUT2D eigenvalue weighted by molar-refractivity contribution is 7.89. The number of carbonyl (C=O) groups excluding carboxylic acids is 1. The minimum atomic E-state index is -4.02. The Hall–Kier alpha value is -2.20. The number of ether oxygens (including phenoxy) is 1. The Bertz CT molecular complexity index is 1340. The first-order valence-electron chi connectivity index (χ1n) is 15.0. The highest BCUT2D eigenvalue weighted by Crippen LogP contribution is 2.52. The maximum atomic E-state index is 14.3. The van der Waals surface area contributed by atoms with Gasteiger partial charge in [0.25, 0.3) is 0 Å². The lowest BCUT2D eigenvalue weighted by molar-refractivity contribution is -0.0169. The molecule has 1 amide bonds. The summed E-state index contributed by atoms with van der Waals surface area (Å²) in [7, 11) is -4.02. The van der Waals surface area contributed by atoms with Crippen molar-refractivity contribution < 1.29 is 22.3 Å². The molecule has 0 bridgehead atoms. The molecule has 2 atom stereocenters. The standard InChI is InChI=1S/C31H39ClFN3O4S/c32-24-12-14-27(15-13-24)41(38,39)36-28(23-6-4-7-25(33)22-23)10-5-11-29(36)31(16-17-31)40-30(37)35-20-18-34(19-21-35)26-8-2-1-3-9-26/h4,6-7,12-15,22,26,28-29H,1-3,5,8-11,16-21H2/t28-,29+/m0/s1. The Labute approximate surface area is 247 Å². The maximum Gasteiger partial charge on any atom is 0.410 e. The molecular weight excluding hydrogens is 565 g/mol. The van der Waals surface area contributed by atoms with E-state index in [0.717, 1.165) is 19.5 Å². The van der Waals surface area contributed by atoms with Crippen LogP contribution in [0.5, 0.6) is 0 Å². The lowest BCUT2D eigenvalue weighted by atomic mass is 9.90. The molecule has 7 nitrogen and oxygen atoms in total. The van der Waals surface area contributed by atoms with Crippen molar-refractivity contribution in [1.29, 1.82) is 0 Å². The van der Waals surface area contributed by atoms with E-state index < -0.39 is 33.5 Å². The van der Waals surface area contributed by atoms with Gasteiger partial charge < -0.3 is 9.64 Å². The van der Waals surface area contributed by atoms with Crippen LogP contribution < -0.4 is 0 Å². The first-order valence-corrected chi connectivity index (χ1v) is 16.9. The van der Waals surface area contributed by atoms with Gasteiger partial charge in [0.1, 0.15) is 11.4 Å². The van der Waals surface area contributed by atoms with Crippen LogP contribution in [0.3, 0.4) is 0 Å². The van der Waals surface area contributed by atoms with Gasteiger partial charge in [0.15, 0.2) is 0 Å². The van der Waals surface area contributed by atoms with Crippen molar-refractivity contribution in [2.75, 3.05) is 26.2 Å². The van der Waals surface area contributed by atoms with Crippen LogP contribution in [0.25, 0.3) is 0 Å². The van der Waals surface area contributed by atoms with E-state index >= 15 is 0 Å².